The maximum absolute atomic E-state index is 12.5. The average molecular weight is 890 g/mol. The van der Waals surface area contributed by atoms with Crippen LogP contribution >= 0.6 is 0 Å². The third kappa shape index (κ3) is 8.29. The third-order valence-electron chi connectivity index (χ3n) is 15.8. The summed E-state index contributed by atoms with van der Waals surface area (Å²) in [6, 6.07) is 35.6. The van der Waals surface area contributed by atoms with Crippen LogP contribution in [0.15, 0.2) is 108 Å². The molecule has 0 saturated heterocycles. The van der Waals surface area contributed by atoms with Gasteiger partial charge in [0, 0.05) is 22.7 Å². The van der Waals surface area contributed by atoms with E-state index in [9.17, 15) is 5.11 Å². The molecule has 8 aromatic rings. The van der Waals surface area contributed by atoms with Crippen molar-refractivity contribution in [2.75, 3.05) is 0 Å². The van der Waals surface area contributed by atoms with Gasteiger partial charge in [0.1, 0.15) is 28.3 Å². The van der Waals surface area contributed by atoms with Gasteiger partial charge in [0.05, 0.1) is 27.8 Å². The lowest BCUT2D eigenvalue weighted by molar-refractivity contribution is 0.114. The van der Waals surface area contributed by atoms with Crippen LogP contribution in [0.5, 0.6) is 5.75 Å². The quantitative estimate of drug-likeness (QED) is 0.181. The molecular formula is C62H71N3O2. The van der Waals surface area contributed by atoms with Gasteiger partial charge < -0.3 is 9.52 Å². The second kappa shape index (κ2) is 16.5. The minimum atomic E-state index is -0.302. The number of hydrogen-bond donors (Lipinski definition) is 1. The summed E-state index contributed by atoms with van der Waals surface area (Å²) in [5.74, 6) is 1.86. The Balaban J connectivity index is 1.16. The number of fused-ring (bicyclic) bond motifs is 5. The Morgan fingerprint density at radius 3 is 2.01 bits per heavy atom. The highest BCUT2D eigenvalue weighted by molar-refractivity contribution is 6.18. The molecule has 2 aliphatic rings. The number of rotatable bonds is 6. The minimum absolute atomic E-state index is 0.0905. The number of imidazole rings is 1. The molecule has 5 aromatic carbocycles. The highest BCUT2D eigenvalue weighted by atomic mass is 16.3. The Kier molecular flexibility index (Phi) is 11.1. The van der Waals surface area contributed by atoms with Crippen LogP contribution in [-0.2, 0) is 16.2 Å². The van der Waals surface area contributed by atoms with E-state index in [1.54, 1.807) is 0 Å². The molecule has 3 heterocycles. The summed E-state index contributed by atoms with van der Waals surface area (Å²) < 4.78 is 9.01. The normalized spacial score (nSPS) is 16.3. The molecular weight excluding hydrogens is 819 g/mol. The molecule has 0 atom stereocenters. The molecule has 1 spiro atoms. The zero-order chi connectivity index (χ0) is 47.2. The first-order valence-corrected chi connectivity index (χ1v) is 25.3. The molecule has 2 saturated carbocycles. The number of aromatic hydroxyl groups is 1. The van der Waals surface area contributed by atoms with Gasteiger partial charge in [-0.3, -0.25) is 9.55 Å². The second-order valence-corrected chi connectivity index (χ2v) is 23.9. The lowest BCUT2D eigenvalue weighted by Crippen LogP contribution is -2.29. The van der Waals surface area contributed by atoms with Gasteiger partial charge in [-0.15, -0.1) is 0 Å². The Labute approximate surface area is 399 Å². The molecule has 0 amide bonds. The number of phenolic OH excluding ortho intramolecular Hbond substituents is 1. The van der Waals surface area contributed by atoms with E-state index in [0.29, 0.717) is 11.3 Å². The standard InChI is InChI=1S/C62H71N3O2/c1-38(2)46-33-41(40-25-30-62(31-26-40)28-13-12-14-29-62)17-21-51(46)65-52-22-24-54-55(56(52)64-58(65)48-36-45(60(6,7)8)37-49(57(48)66)61(9,10)11)47-34-43(18-23-53(47)67-54)50-35-42(27-32-63-50)39-15-19-44(20-16-39)59(3,4)5/h15-24,27,32-38,40,66H,12-14,25-26,28-31H2,1-11H3. The first kappa shape index (κ1) is 45.1. The maximum Gasteiger partial charge on any atom is 0.149 e. The van der Waals surface area contributed by atoms with Gasteiger partial charge in [-0.05, 0) is 160 Å². The predicted molar refractivity (Wildman–Crippen MR) is 281 cm³/mol. The SMILES string of the molecule is CC(C)c1cc(C2CCC3(CCCCC3)CC2)ccc1-n1c(-c2cc(C(C)(C)C)cc(C(C)(C)C)c2O)nc2c3c(ccc21)oc1ccc(-c2cc(-c4ccc(C(C)(C)C)cc4)ccn2)cc13. The summed E-state index contributed by atoms with van der Waals surface area (Å²) >= 11 is 0. The highest BCUT2D eigenvalue weighted by Gasteiger charge is 2.37. The summed E-state index contributed by atoms with van der Waals surface area (Å²) in [4.78, 5) is 10.6. The van der Waals surface area contributed by atoms with E-state index in [0.717, 1.165) is 72.4 Å². The third-order valence-corrected chi connectivity index (χ3v) is 15.8. The molecule has 3 aromatic heterocycles. The fraction of sp³-hybridized carbons (Fsp3) is 0.419. The molecule has 0 bridgehead atoms. The molecule has 10 rings (SSSR count). The van der Waals surface area contributed by atoms with Crippen LogP contribution in [0.2, 0.25) is 0 Å². The fourth-order valence-corrected chi connectivity index (χ4v) is 11.6. The van der Waals surface area contributed by atoms with E-state index in [1.165, 1.54) is 85.6 Å². The van der Waals surface area contributed by atoms with Gasteiger partial charge in [-0.1, -0.05) is 138 Å². The molecule has 67 heavy (non-hydrogen) atoms. The van der Waals surface area contributed by atoms with Crippen LogP contribution in [0.4, 0.5) is 0 Å². The van der Waals surface area contributed by atoms with Crippen LogP contribution in [0.1, 0.15) is 174 Å². The van der Waals surface area contributed by atoms with Crippen molar-refractivity contribution in [2.24, 2.45) is 5.41 Å². The first-order valence-electron chi connectivity index (χ1n) is 25.3. The van der Waals surface area contributed by atoms with Crippen LogP contribution in [-0.4, -0.2) is 19.6 Å². The molecule has 5 heteroatoms. The van der Waals surface area contributed by atoms with Crippen molar-refractivity contribution < 1.29 is 9.52 Å². The van der Waals surface area contributed by atoms with Gasteiger partial charge >= 0.3 is 0 Å². The molecule has 2 aliphatic carbocycles. The van der Waals surface area contributed by atoms with E-state index in [-0.39, 0.29) is 27.9 Å². The summed E-state index contributed by atoms with van der Waals surface area (Å²) in [7, 11) is 0. The molecule has 2 fully saturated rings. The van der Waals surface area contributed by atoms with Crippen molar-refractivity contribution in [3.8, 4) is 45.2 Å². The fourth-order valence-electron chi connectivity index (χ4n) is 11.6. The number of aromatic nitrogens is 3. The Morgan fingerprint density at radius 2 is 1.34 bits per heavy atom. The zero-order valence-corrected chi connectivity index (χ0v) is 42.0. The van der Waals surface area contributed by atoms with Crippen LogP contribution in [0, 0.1) is 5.41 Å². The maximum atomic E-state index is 12.5. The minimum Gasteiger partial charge on any atom is -0.507 e. The van der Waals surface area contributed by atoms with E-state index in [2.05, 4.69) is 178 Å². The lowest BCUT2D eigenvalue weighted by atomic mass is 9.62. The number of pyridine rings is 1. The average Bonchev–Trinajstić information content (AvgIpc) is 3.87. The van der Waals surface area contributed by atoms with Crippen LogP contribution < -0.4 is 0 Å². The van der Waals surface area contributed by atoms with Gasteiger partial charge in [0.25, 0.3) is 0 Å². The molecule has 0 aliphatic heterocycles. The summed E-state index contributed by atoms with van der Waals surface area (Å²) in [6.07, 6.45) is 14.2. The van der Waals surface area contributed by atoms with Crippen molar-refractivity contribution in [1.29, 1.82) is 0 Å². The summed E-state index contributed by atoms with van der Waals surface area (Å²) in [6.45, 7) is 24.7. The topological polar surface area (TPSA) is 64.1 Å². The van der Waals surface area contributed by atoms with Crippen molar-refractivity contribution in [2.45, 2.75) is 162 Å². The van der Waals surface area contributed by atoms with Gasteiger partial charge in [-0.25, -0.2) is 4.98 Å². The second-order valence-electron chi connectivity index (χ2n) is 23.9. The Hall–Kier alpha value is -5.68. The van der Waals surface area contributed by atoms with Gasteiger partial charge in [0.15, 0.2) is 0 Å². The van der Waals surface area contributed by atoms with Crippen LogP contribution in [0.25, 0.3) is 72.4 Å². The van der Waals surface area contributed by atoms with Crippen molar-refractivity contribution in [3.63, 3.8) is 0 Å². The molecule has 0 unspecified atom stereocenters. The summed E-state index contributed by atoms with van der Waals surface area (Å²) in [5, 5.41) is 14.5. The van der Waals surface area contributed by atoms with E-state index < -0.39 is 0 Å². The summed E-state index contributed by atoms with van der Waals surface area (Å²) in [5.41, 5.74) is 15.9. The highest BCUT2D eigenvalue weighted by Crippen LogP contribution is 2.52. The smallest absolute Gasteiger partial charge is 0.149 e. The predicted octanol–water partition coefficient (Wildman–Crippen LogP) is 17.7. The van der Waals surface area contributed by atoms with Crippen molar-refractivity contribution >= 4 is 33.0 Å². The molecule has 0 radical (unpaired) electrons. The van der Waals surface area contributed by atoms with E-state index in [4.69, 9.17) is 14.4 Å². The monoisotopic (exact) mass is 890 g/mol. The Morgan fingerprint density at radius 1 is 0.657 bits per heavy atom. The van der Waals surface area contributed by atoms with Crippen molar-refractivity contribution in [1.82, 2.24) is 14.5 Å². The molecule has 346 valence electrons. The molecule has 5 nitrogen and oxygen atoms in total. The first-order chi connectivity index (χ1) is 31.8. The molecule has 1 N–H and O–H groups in total. The zero-order valence-electron chi connectivity index (χ0n) is 42.0. The number of phenols is 1. The number of hydrogen-bond acceptors (Lipinski definition) is 4. The van der Waals surface area contributed by atoms with E-state index in [1.807, 2.05) is 6.20 Å². The number of furan rings is 1. The number of benzene rings is 5. The van der Waals surface area contributed by atoms with Gasteiger partial charge in [0.2, 0.25) is 0 Å². The van der Waals surface area contributed by atoms with E-state index >= 15 is 0 Å². The number of nitrogens with zero attached hydrogens (tertiary/aromatic N) is 3. The largest absolute Gasteiger partial charge is 0.507 e. The van der Waals surface area contributed by atoms with Crippen molar-refractivity contribution in [3.05, 3.63) is 131 Å². The Bertz CT molecular complexity index is 3140. The van der Waals surface area contributed by atoms with Gasteiger partial charge in [-0.2, -0.15) is 0 Å². The van der Waals surface area contributed by atoms with Crippen LogP contribution in [0.3, 0.4) is 0 Å². The lowest BCUT2D eigenvalue weighted by Gasteiger charge is -2.43.